The zero-order chi connectivity index (χ0) is 35.8. The van der Waals surface area contributed by atoms with Crippen molar-refractivity contribution < 1.29 is 0 Å². The average Bonchev–Trinajstić information content (AvgIpc) is 3.77. The Hall–Kier alpha value is -7.27. The van der Waals surface area contributed by atoms with Crippen molar-refractivity contribution in [3.8, 4) is 29.3 Å². The molecule has 0 N–H and O–H groups in total. The van der Waals surface area contributed by atoms with Crippen molar-refractivity contribution in [3.63, 3.8) is 0 Å². The lowest BCUT2D eigenvalue weighted by Crippen LogP contribution is -2.08. The molecule has 11 rings (SSSR count). The lowest BCUT2D eigenvalue weighted by molar-refractivity contribution is 0.990. The second kappa shape index (κ2) is 11.9. The summed E-state index contributed by atoms with van der Waals surface area (Å²) in [6.07, 6.45) is 8.68. The molecule has 0 aliphatic heterocycles. The molecular weight excluding hydrogens is 657 g/mol. The van der Waals surface area contributed by atoms with E-state index in [0.29, 0.717) is 12.8 Å². The number of para-hydroxylation sites is 5. The minimum Gasteiger partial charge on any atom is -0.309 e. The highest BCUT2D eigenvalue weighted by Crippen LogP contribution is 2.43. The topological polar surface area (TPSA) is 38.6 Å². The molecule has 4 nitrogen and oxygen atoms in total. The third kappa shape index (κ3) is 4.38. The summed E-state index contributed by atoms with van der Waals surface area (Å²) in [5, 5.41) is 16.3. The Morgan fingerprint density at radius 1 is 0.556 bits per heavy atom. The molecule has 0 radical (unpaired) electrons. The van der Waals surface area contributed by atoms with E-state index in [-0.39, 0.29) is 0 Å². The minimum absolute atomic E-state index is 0.690. The molecule has 252 valence electrons. The molecule has 2 aliphatic rings. The number of fused-ring (bicyclic) bond motifs is 9. The smallest absolute Gasteiger partial charge is 0.105 e. The van der Waals surface area contributed by atoms with Gasteiger partial charge in [-0.2, -0.15) is 5.26 Å². The number of hydrogen-bond acceptors (Lipinski definition) is 1. The molecule has 0 fully saturated rings. The van der Waals surface area contributed by atoms with Gasteiger partial charge < -0.3 is 13.7 Å². The van der Waals surface area contributed by atoms with Gasteiger partial charge in [0.2, 0.25) is 0 Å². The second-order valence-corrected chi connectivity index (χ2v) is 14.1. The number of nitriles is 1. The molecule has 4 heteroatoms. The van der Waals surface area contributed by atoms with E-state index in [2.05, 4.69) is 189 Å². The number of rotatable bonds is 4. The van der Waals surface area contributed by atoms with Gasteiger partial charge in [-0.15, -0.1) is 0 Å². The van der Waals surface area contributed by atoms with Gasteiger partial charge in [0.15, 0.2) is 0 Å². The third-order valence-corrected chi connectivity index (χ3v) is 11.2. The van der Waals surface area contributed by atoms with Crippen molar-refractivity contribution in [2.24, 2.45) is 0 Å². The van der Waals surface area contributed by atoms with Crippen molar-refractivity contribution in [2.45, 2.75) is 19.3 Å². The summed E-state index contributed by atoms with van der Waals surface area (Å²) in [7, 11) is 0. The van der Waals surface area contributed by atoms with Gasteiger partial charge in [0.05, 0.1) is 45.0 Å². The van der Waals surface area contributed by atoms with Gasteiger partial charge in [-0.3, -0.25) is 0 Å². The van der Waals surface area contributed by atoms with E-state index in [1.165, 1.54) is 43.5 Å². The molecule has 0 atom stereocenters. The molecule has 6 aromatic carbocycles. The van der Waals surface area contributed by atoms with E-state index < -0.39 is 0 Å². The van der Waals surface area contributed by atoms with Gasteiger partial charge in [0, 0.05) is 55.7 Å². The molecule has 0 amide bonds. The predicted octanol–water partition coefficient (Wildman–Crippen LogP) is 12.2. The fraction of sp³-hybridized carbons (Fsp3) is 0.0600. The van der Waals surface area contributed by atoms with Crippen molar-refractivity contribution in [2.75, 3.05) is 0 Å². The maximum absolute atomic E-state index is 10.2. The number of benzene rings is 6. The molecule has 0 saturated heterocycles. The van der Waals surface area contributed by atoms with E-state index in [1.807, 2.05) is 0 Å². The zero-order valence-corrected chi connectivity index (χ0v) is 29.4. The fourth-order valence-corrected chi connectivity index (χ4v) is 8.93. The first-order chi connectivity index (χ1) is 26.8. The predicted molar refractivity (Wildman–Crippen MR) is 224 cm³/mol. The van der Waals surface area contributed by atoms with E-state index in [4.69, 9.17) is 0 Å². The van der Waals surface area contributed by atoms with Gasteiger partial charge in [-0.1, -0.05) is 109 Å². The van der Waals surface area contributed by atoms with E-state index >= 15 is 0 Å². The molecular formula is C50H32N4. The quantitative estimate of drug-likeness (QED) is 0.170. The van der Waals surface area contributed by atoms with Crippen LogP contribution in [0.3, 0.4) is 0 Å². The SMILES string of the molecule is N#CC1=CC(n2c3ccccc3c3ccccc32)=C(c2ccccc2-n2c3c(c4cc(-n5c6ccccc6c6ccccc65)ccc42)C=CCC#C3)CC1. The largest absolute Gasteiger partial charge is 0.309 e. The first-order valence-electron chi connectivity index (χ1n) is 18.5. The van der Waals surface area contributed by atoms with Crippen LogP contribution in [0.1, 0.15) is 36.1 Å². The van der Waals surface area contributed by atoms with Crippen LogP contribution in [0.15, 0.2) is 157 Å². The van der Waals surface area contributed by atoms with Gasteiger partial charge in [-0.25, -0.2) is 0 Å². The van der Waals surface area contributed by atoms with Crippen LogP contribution in [0, 0.1) is 23.2 Å². The van der Waals surface area contributed by atoms with Crippen LogP contribution >= 0.6 is 0 Å². The maximum atomic E-state index is 10.2. The number of allylic oxidation sites excluding steroid dienone is 5. The highest BCUT2D eigenvalue weighted by atomic mass is 15.0. The van der Waals surface area contributed by atoms with Crippen LogP contribution < -0.4 is 0 Å². The molecule has 2 aliphatic carbocycles. The summed E-state index contributed by atoms with van der Waals surface area (Å²) < 4.78 is 7.12. The Kier molecular flexibility index (Phi) is 6.68. The van der Waals surface area contributed by atoms with Crippen molar-refractivity contribution in [3.05, 3.63) is 174 Å². The molecule has 9 aromatic rings. The second-order valence-electron chi connectivity index (χ2n) is 14.1. The Labute approximate surface area is 312 Å². The van der Waals surface area contributed by atoms with Gasteiger partial charge in [0.25, 0.3) is 0 Å². The van der Waals surface area contributed by atoms with Crippen LogP contribution in [0.25, 0.3) is 83.2 Å². The molecule has 54 heavy (non-hydrogen) atoms. The van der Waals surface area contributed by atoms with Gasteiger partial charge in [0.1, 0.15) is 5.69 Å². The van der Waals surface area contributed by atoms with Crippen LogP contribution in [0.5, 0.6) is 0 Å². The van der Waals surface area contributed by atoms with Gasteiger partial charge in [-0.05, 0) is 78.9 Å². The van der Waals surface area contributed by atoms with Crippen LogP contribution in [0.4, 0.5) is 0 Å². The van der Waals surface area contributed by atoms with Crippen LogP contribution in [0.2, 0.25) is 0 Å². The fourth-order valence-electron chi connectivity index (χ4n) is 8.93. The normalized spacial score (nSPS) is 14.0. The Bertz CT molecular complexity index is 3160. The lowest BCUT2D eigenvalue weighted by atomic mass is 9.90. The summed E-state index contributed by atoms with van der Waals surface area (Å²) in [6, 6.07) is 52.6. The third-order valence-electron chi connectivity index (χ3n) is 11.2. The first-order valence-corrected chi connectivity index (χ1v) is 18.5. The molecule has 0 bridgehead atoms. The number of nitrogens with zero attached hydrogens (tertiary/aromatic N) is 4. The van der Waals surface area contributed by atoms with E-state index in [0.717, 1.165) is 62.4 Å². The summed E-state index contributed by atoms with van der Waals surface area (Å²) in [5.41, 5.74) is 14.3. The zero-order valence-electron chi connectivity index (χ0n) is 29.4. The summed E-state index contributed by atoms with van der Waals surface area (Å²) in [6.45, 7) is 0. The van der Waals surface area contributed by atoms with Crippen molar-refractivity contribution >= 4 is 71.9 Å². The summed E-state index contributed by atoms with van der Waals surface area (Å²) in [4.78, 5) is 0. The van der Waals surface area contributed by atoms with E-state index in [9.17, 15) is 5.26 Å². The van der Waals surface area contributed by atoms with E-state index in [1.54, 1.807) is 0 Å². The Morgan fingerprint density at radius 2 is 1.13 bits per heavy atom. The number of hydrogen-bond donors (Lipinski definition) is 0. The lowest BCUT2D eigenvalue weighted by Gasteiger charge is -2.23. The molecule has 0 saturated carbocycles. The summed E-state index contributed by atoms with van der Waals surface area (Å²) in [5.74, 6) is 7.02. The van der Waals surface area contributed by atoms with Crippen LogP contribution in [-0.2, 0) is 0 Å². The standard InChI is InChI=1S/C50H32N4/c51-32-33-26-28-41(50(30-33)54-46-24-12-6-17-37(46)38-18-7-13-25-47(38)54)39-19-8-11-23-45(39)53-48-20-3-1-2-14-40(48)42-31-34(27-29-49(42)53)52-43-21-9-4-15-35(43)36-16-5-10-22-44(36)52/h2,4-19,21-25,27,29-31H,1,26,28H2. The maximum Gasteiger partial charge on any atom is 0.105 e. The monoisotopic (exact) mass is 688 g/mol. The van der Waals surface area contributed by atoms with Crippen molar-refractivity contribution in [1.82, 2.24) is 13.7 Å². The Morgan fingerprint density at radius 3 is 1.78 bits per heavy atom. The molecule has 3 heterocycles. The Balaban J connectivity index is 1.19. The highest BCUT2D eigenvalue weighted by molar-refractivity contribution is 6.13. The summed E-state index contributed by atoms with van der Waals surface area (Å²) >= 11 is 0. The molecule has 3 aromatic heterocycles. The van der Waals surface area contributed by atoms with Gasteiger partial charge >= 0.3 is 0 Å². The highest BCUT2D eigenvalue weighted by Gasteiger charge is 2.25. The molecule has 0 spiro atoms. The average molecular weight is 689 g/mol. The minimum atomic E-state index is 0.690. The van der Waals surface area contributed by atoms with Crippen molar-refractivity contribution in [1.29, 1.82) is 5.26 Å². The number of aromatic nitrogens is 3. The first kappa shape index (κ1) is 30.4. The van der Waals surface area contributed by atoms with Crippen LogP contribution in [-0.4, -0.2) is 13.7 Å². The molecule has 0 unspecified atom stereocenters.